The molecule has 0 aliphatic carbocycles. The molecule has 3 heteroatoms. The highest BCUT2D eigenvalue weighted by molar-refractivity contribution is 5.78. The van der Waals surface area contributed by atoms with Gasteiger partial charge in [0.1, 0.15) is 5.52 Å². The molecule has 0 fully saturated rings. The maximum absolute atomic E-state index is 11.6. The van der Waals surface area contributed by atoms with Gasteiger partial charge >= 0.3 is 0 Å². The van der Waals surface area contributed by atoms with Crippen molar-refractivity contribution in [1.29, 1.82) is 0 Å². The second-order valence-corrected chi connectivity index (χ2v) is 2.96. The molecule has 0 N–H and O–H groups in total. The highest BCUT2D eigenvalue weighted by atomic mass is 16.1. The quantitative estimate of drug-likeness (QED) is 0.565. The van der Waals surface area contributed by atoms with Crippen molar-refractivity contribution in [3.8, 4) is 0 Å². The van der Waals surface area contributed by atoms with Crippen molar-refractivity contribution in [3.05, 3.63) is 34.9 Å². The predicted octanol–water partition coefficient (Wildman–Crippen LogP) is 0.877. The summed E-state index contributed by atoms with van der Waals surface area (Å²) in [7, 11) is 3.64. The Bertz CT molecular complexity index is 479. The van der Waals surface area contributed by atoms with E-state index < -0.39 is 0 Å². The zero-order valence-corrected chi connectivity index (χ0v) is 7.11. The number of aryl methyl sites for hydroxylation is 2. The van der Waals surface area contributed by atoms with E-state index in [0.29, 0.717) is 0 Å². The normalized spacial score (nSPS) is 10.8. The molecule has 2 aromatic heterocycles. The van der Waals surface area contributed by atoms with E-state index in [2.05, 4.69) is 0 Å². The number of hydrogen-bond acceptors (Lipinski definition) is 1. The van der Waals surface area contributed by atoms with Crippen LogP contribution in [0.4, 0.5) is 0 Å². The molecule has 0 amide bonds. The Balaban J connectivity index is 3.06. The largest absolute Gasteiger partial charge is 0.346 e. The molecule has 62 valence electrons. The first-order valence-corrected chi connectivity index (χ1v) is 3.81. The maximum Gasteiger partial charge on any atom is 0.274 e. The van der Waals surface area contributed by atoms with Crippen molar-refractivity contribution >= 4 is 10.9 Å². The van der Waals surface area contributed by atoms with Gasteiger partial charge in [-0.05, 0) is 12.1 Å². The Labute approximate surface area is 69.9 Å². The lowest BCUT2D eigenvalue weighted by atomic mass is 10.3. The average molecular weight is 162 g/mol. The molecule has 0 saturated carbocycles. The third-order valence-electron chi connectivity index (χ3n) is 2.10. The highest BCUT2D eigenvalue weighted by Crippen LogP contribution is 2.08. The van der Waals surface area contributed by atoms with Crippen LogP contribution in [-0.2, 0) is 14.1 Å². The van der Waals surface area contributed by atoms with Crippen LogP contribution in [0.15, 0.2) is 29.3 Å². The summed E-state index contributed by atoms with van der Waals surface area (Å²) >= 11 is 0. The van der Waals surface area contributed by atoms with Gasteiger partial charge in [0.2, 0.25) is 0 Å². The van der Waals surface area contributed by atoms with Crippen LogP contribution in [0.5, 0.6) is 0 Å². The lowest BCUT2D eigenvalue weighted by molar-refractivity contribution is 0.853. The fraction of sp³-hybridized carbons (Fsp3) is 0.222. The minimum Gasteiger partial charge on any atom is -0.346 e. The molecule has 0 atom stereocenters. The number of nitrogens with zero attached hydrogens (tertiary/aromatic N) is 2. The third kappa shape index (κ3) is 0.794. The van der Waals surface area contributed by atoms with Crippen molar-refractivity contribution in [2.45, 2.75) is 0 Å². The molecule has 0 saturated heterocycles. The van der Waals surface area contributed by atoms with E-state index in [9.17, 15) is 4.79 Å². The van der Waals surface area contributed by atoms with Gasteiger partial charge in [-0.2, -0.15) is 0 Å². The Morgan fingerprint density at radius 3 is 2.33 bits per heavy atom. The van der Waals surface area contributed by atoms with Gasteiger partial charge in [-0.15, -0.1) is 0 Å². The van der Waals surface area contributed by atoms with Crippen molar-refractivity contribution in [1.82, 2.24) is 9.13 Å². The summed E-state index contributed by atoms with van der Waals surface area (Å²) in [5.74, 6) is 0. The van der Waals surface area contributed by atoms with Crippen LogP contribution in [0.3, 0.4) is 0 Å². The fourth-order valence-corrected chi connectivity index (χ4v) is 1.38. The first-order valence-electron chi connectivity index (χ1n) is 3.81. The molecule has 0 spiro atoms. The highest BCUT2D eigenvalue weighted by Gasteiger charge is 2.02. The van der Waals surface area contributed by atoms with Gasteiger partial charge in [-0.25, -0.2) is 0 Å². The first-order chi connectivity index (χ1) is 5.70. The number of pyridine rings is 1. The number of rotatable bonds is 0. The third-order valence-corrected chi connectivity index (χ3v) is 2.10. The lowest BCUT2D eigenvalue weighted by Crippen LogP contribution is -2.17. The van der Waals surface area contributed by atoms with Crippen LogP contribution >= 0.6 is 0 Å². The van der Waals surface area contributed by atoms with Gasteiger partial charge < -0.3 is 9.13 Å². The van der Waals surface area contributed by atoms with Crippen LogP contribution in [-0.4, -0.2) is 9.13 Å². The van der Waals surface area contributed by atoms with E-state index in [0.717, 1.165) is 10.9 Å². The van der Waals surface area contributed by atoms with Gasteiger partial charge in [-0.3, -0.25) is 4.79 Å². The molecule has 2 rings (SSSR count). The van der Waals surface area contributed by atoms with Crippen molar-refractivity contribution in [2.24, 2.45) is 14.1 Å². The molecular formula is C9H10N2O. The molecule has 0 aromatic carbocycles. The average Bonchev–Trinajstić information content (AvgIpc) is 2.41. The van der Waals surface area contributed by atoms with Crippen LogP contribution in [0.1, 0.15) is 0 Å². The van der Waals surface area contributed by atoms with Crippen molar-refractivity contribution in [2.75, 3.05) is 0 Å². The number of aromatic nitrogens is 2. The SMILES string of the molecule is Cn1ccc2ccn(C)c2c1=O. The lowest BCUT2D eigenvalue weighted by Gasteiger charge is -1.98. The summed E-state index contributed by atoms with van der Waals surface area (Å²) < 4.78 is 3.43. The monoisotopic (exact) mass is 162 g/mol. The van der Waals surface area contributed by atoms with E-state index in [1.54, 1.807) is 17.8 Å². The van der Waals surface area contributed by atoms with E-state index in [-0.39, 0.29) is 5.56 Å². The fourth-order valence-electron chi connectivity index (χ4n) is 1.38. The molecule has 0 bridgehead atoms. The minimum atomic E-state index is 0.0556. The predicted molar refractivity (Wildman–Crippen MR) is 48.2 cm³/mol. The summed E-state index contributed by atoms with van der Waals surface area (Å²) in [6, 6.07) is 3.88. The van der Waals surface area contributed by atoms with E-state index >= 15 is 0 Å². The van der Waals surface area contributed by atoms with Gasteiger partial charge in [-0.1, -0.05) is 0 Å². The van der Waals surface area contributed by atoms with Gasteiger partial charge in [0.15, 0.2) is 0 Å². The first kappa shape index (κ1) is 7.16. The van der Waals surface area contributed by atoms with Crippen LogP contribution in [0.25, 0.3) is 10.9 Å². The van der Waals surface area contributed by atoms with Gasteiger partial charge in [0.25, 0.3) is 5.56 Å². The molecule has 0 radical (unpaired) electrons. The molecule has 0 unspecified atom stereocenters. The second-order valence-electron chi connectivity index (χ2n) is 2.96. The van der Waals surface area contributed by atoms with Crippen molar-refractivity contribution < 1.29 is 0 Å². The molecule has 0 aliphatic rings. The molecule has 2 heterocycles. The Hall–Kier alpha value is -1.51. The summed E-state index contributed by atoms with van der Waals surface area (Å²) in [5, 5.41) is 1.00. The topological polar surface area (TPSA) is 26.9 Å². The molecule has 3 nitrogen and oxygen atoms in total. The molecule has 2 aromatic rings. The molecule has 12 heavy (non-hydrogen) atoms. The van der Waals surface area contributed by atoms with Crippen LogP contribution < -0.4 is 5.56 Å². The zero-order valence-electron chi connectivity index (χ0n) is 7.11. The Morgan fingerprint density at radius 1 is 1.08 bits per heavy atom. The summed E-state index contributed by atoms with van der Waals surface area (Å²) in [6.07, 6.45) is 3.68. The van der Waals surface area contributed by atoms with E-state index in [1.165, 1.54) is 0 Å². The minimum absolute atomic E-state index is 0.0556. The maximum atomic E-state index is 11.6. The number of hydrogen-bond donors (Lipinski definition) is 0. The van der Waals surface area contributed by atoms with E-state index in [1.807, 2.05) is 29.9 Å². The summed E-state index contributed by atoms with van der Waals surface area (Å²) in [6.45, 7) is 0. The van der Waals surface area contributed by atoms with Crippen LogP contribution in [0.2, 0.25) is 0 Å². The van der Waals surface area contributed by atoms with Gasteiger partial charge in [0, 0.05) is 31.9 Å². The Kier molecular flexibility index (Phi) is 1.33. The summed E-state index contributed by atoms with van der Waals surface area (Å²) in [4.78, 5) is 11.6. The van der Waals surface area contributed by atoms with Gasteiger partial charge in [0.05, 0.1) is 0 Å². The molecule has 0 aliphatic heterocycles. The zero-order chi connectivity index (χ0) is 8.72. The molecular weight excluding hydrogens is 152 g/mol. The standard InChI is InChI=1S/C9H10N2O/c1-10-5-3-7-4-6-11(2)9(12)8(7)10/h3-6H,1-2H3. The summed E-state index contributed by atoms with van der Waals surface area (Å²) in [5.41, 5.74) is 0.819. The van der Waals surface area contributed by atoms with Crippen LogP contribution in [0, 0.1) is 0 Å². The smallest absolute Gasteiger partial charge is 0.274 e. The second kappa shape index (κ2) is 2.24. The van der Waals surface area contributed by atoms with E-state index in [4.69, 9.17) is 0 Å². The number of fused-ring (bicyclic) bond motifs is 1. The Morgan fingerprint density at radius 2 is 1.67 bits per heavy atom. The van der Waals surface area contributed by atoms with Crippen molar-refractivity contribution in [3.63, 3.8) is 0 Å².